The first-order chi connectivity index (χ1) is 12.3. The van der Waals surface area contributed by atoms with E-state index >= 15 is 0 Å². The van der Waals surface area contributed by atoms with Crippen molar-refractivity contribution in [2.24, 2.45) is 0 Å². The Balaban J connectivity index is 1.80. The van der Waals surface area contributed by atoms with Crippen LogP contribution >= 0.6 is 11.3 Å². The summed E-state index contributed by atoms with van der Waals surface area (Å²) in [5.74, 6) is 0.970. The van der Waals surface area contributed by atoms with Crippen molar-refractivity contribution < 1.29 is 4.74 Å². The first kappa shape index (κ1) is 16.6. The van der Waals surface area contributed by atoms with E-state index in [1.165, 1.54) is 29.5 Å². The summed E-state index contributed by atoms with van der Waals surface area (Å²) in [6, 6.07) is 12.0. The topological polar surface area (TPSA) is 12.5 Å². The summed E-state index contributed by atoms with van der Waals surface area (Å²) in [6.45, 7) is 4.97. The summed E-state index contributed by atoms with van der Waals surface area (Å²) >= 11 is 1.77. The van der Waals surface area contributed by atoms with E-state index in [0.29, 0.717) is 12.1 Å². The van der Waals surface area contributed by atoms with Crippen LogP contribution in [0.15, 0.2) is 59.3 Å². The van der Waals surface area contributed by atoms with Gasteiger partial charge >= 0.3 is 0 Å². The number of hydrogen-bond donors (Lipinski definition) is 0. The van der Waals surface area contributed by atoms with Crippen molar-refractivity contribution in [1.82, 2.24) is 4.90 Å². The molecule has 0 aliphatic carbocycles. The molecule has 0 amide bonds. The van der Waals surface area contributed by atoms with Crippen molar-refractivity contribution in [2.45, 2.75) is 37.8 Å². The Labute approximate surface area is 154 Å². The molecule has 3 heterocycles. The number of methoxy groups -OCH3 is 1. The summed E-state index contributed by atoms with van der Waals surface area (Å²) < 4.78 is 5.69. The Hall–Kier alpha value is -1.84. The number of nitrogens with zero attached hydrogens (tertiary/aromatic N) is 1. The maximum Gasteiger partial charge on any atom is 0.126 e. The normalized spacial score (nSPS) is 22.8. The molecule has 1 aromatic carbocycles. The average molecular weight is 352 g/mol. The molecule has 2 saturated heterocycles. The second kappa shape index (κ2) is 7.19. The van der Waals surface area contributed by atoms with Gasteiger partial charge in [0.2, 0.25) is 0 Å². The Morgan fingerprint density at radius 2 is 2.00 bits per heavy atom. The highest BCUT2D eigenvalue weighted by Crippen LogP contribution is 2.44. The molecule has 0 N–H and O–H groups in total. The zero-order valence-electron chi connectivity index (χ0n) is 14.8. The van der Waals surface area contributed by atoms with E-state index in [2.05, 4.69) is 58.6 Å². The van der Waals surface area contributed by atoms with Crippen LogP contribution in [0.5, 0.6) is 5.75 Å². The number of rotatable bonds is 5. The van der Waals surface area contributed by atoms with Gasteiger partial charge in [0.1, 0.15) is 5.75 Å². The van der Waals surface area contributed by atoms with Crippen LogP contribution in [-0.4, -0.2) is 30.6 Å². The van der Waals surface area contributed by atoms with Gasteiger partial charge in [0.25, 0.3) is 0 Å². The van der Waals surface area contributed by atoms with Gasteiger partial charge in [0.05, 0.1) is 7.11 Å². The summed E-state index contributed by atoms with van der Waals surface area (Å²) in [5.41, 5.74) is 5.56. The van der Waals surface area contributed by atoms with Gasteiger partial charge < -0.3 is 4.74 Å². The van der Waals surface area contributed by atoms with Gasteiger partial charge in [0.15, 0.2) is 0 Å². The fraction of sp³-hybridized carbons (Fsp3) is 0.364. The number of para-hydroxylation sites is 1. The lowest BCUT2D eigenvalue weighted by Crippen LogP contribution is -2.40. The smallest absolute Gasteiger partial charge is 0.126 e. The number of thiophene rings is 1. The van der Waals surface area contributed by atoms with Crippen LogP contribution in [0.2, 0.25) is 0 Å². The van der Waals surface area contributed by atoms with E-state index in [9.17, 15) is 0 Å². The predicted molar refractivity (Wildman–Crippen MR) is 106 cm³/mol. The molecule has 2 aliphatic heterocycles. The lowest BCUT2D eigenvalue weighted by atomic mass is 9.86. The van der Waals surface area contributed by atoms with Gasteiger partial charge in [-0.2, -0.15) is 11.3 Å². The zero-order valence-corrected chi connectivity index (χ0v) is 15.6. The summed E-state index contributed by atoms with van der Waals surface area (Å²) in [7, 11) is 1.77. The lowest BCUT2D eigenvalue weighted by molar-refractivity contribution is 0.186. The highest BCUT2D eigenvalue weighted by atomic mass is 32.1. The minimum Gasteiger partial charge on any atom is -0.496 e. The zero-order chi connectivity index (χ0) is 17.2. The molecule has 2 aromatic rings. The van der Waals surface area contributed by atoms with E-state index in [4.69, 9.17) is 4.74 Å². The lowest BCUT2D eigenvalue weighted by Gasteiger charge is -2.36. The second-order valence-electron chi connectivity index (χ2n) is 6.97. The molecular weight excluding hydrogens is 326 g/mol. The number of benzene rings is 1. The molecule has 0 radical (unpaired) electrons. The average Bonchev–Trinajstić information content (AvgIpc) is 3.23. The van der Waals surface area contributed by atoms with Crippen molar-refractivity contribution >= 4 is 16.9 Å². The molecule has 3 heteroatoms. The number of piperidine rings is 1. The summed E-state index contributed by atoms with van der Waals surface area (Å²) in [6.07, 6.45) is 7.00. The monoisotopic (exact) mass is 351 g/mol. The molecule has 1 aromatic heterocycles. The van der Waals surface area contributed by atoms with Crippen molar-refractivity contribution in [1.29, 1.82) is 0 Å². The molecule has 2 aliphatic rings. The Bertz CT molecular complexity index is 761. The molecular formula is C22H25NOS. The number of ether oxygens (including phenoxy) is 1. The number of hydrogen-bond acceptors (Lipinski definition) is 3. The van der Waals surface area contributed by atoms with Gasteiger partial charge in [-0.1, -0.05) is 29.8 Å². The first-order valence-corrected chi connectivity index (χ1v) is 10.0. The van der Waals surface area contributed by atoms with Crippen LogP contribution in [-0.2, 0) is 0 Å². The predicted octanol–water partition coefficient (Wildman–Crippen LogP) is 5.37. The molecule has 2 nitrogen and oxygen atoms in total. The molecule has 2 unspecified atom stereocenters. The molecule has 2 atom stereocenters. The fourth-order valence-corrected chi connectivity index (χ4v) is 5.21. The van der Waals surface area contributed by atoms with E-state index in [-0.39, 0.29) is 0 Å². The quantitative estimate of drug-likeness (QED) is 0.671. The third-order valence-electron chi connectivity index (χ3n) is 5.61. The third kappa shape index (κ3) is 3.07. The van der Waals surface area contributed by atoms with Gasteiger partial charge in [-0.05, 0) is 59.7 Å². The summed E-state index contributed by atoms with van der Waals surface area (Å²) in [5, 5.41) is 4.44. The summed E-state index contributed by atoms with van der Waals surface area (Å²) in [4.78, 5) is 2.66. The van der Waals surface area contributed by atoms with E-state index in [1.54, 1.807) is 24.0 Å². The standard InChI is InChI=1S/C22H25NOS/c1-3-11-23-18-8-9-19(23)14-17(13-18)22(16-10-12-25-15-16)20-6-4-5-7-21(20)24-2/h3-7,10,12,15,18-19H,1,8-9,11,13-14H2,2H3. The maximum absolute atomic E-state index is 5.69. The van der Waals surface area contributed by atoms with Crippen LogP contribution in [0.3, 0.4) is 0 Å². The van der Waals surface area contributed by atoms with Crippen molar-refractivity contribution in [3.8, 4) is 5.75 Å². The maximum atomic E-state index is 5.69. The van der Waals surface area contributed by atoms with Crippen LogP contribution in [0.25, 0.3) is 5.57 Å². The highest BCUT2D eigenvalue weighted by Gasteiger charge is 2.38. The van der Waals surface area contributed by atoms with Crippen molar-refractivity contribution in [3.63, 3.8) is 0 Å². The van der Waals surface area contributed by atoms with Gasteiger partial charge in [-0.15, -0.1) is 6.58 Å². The largest absolute Gasteiger partial charge is 0.496 e. The van der Waals surface area contributed by atoms with E-state index in [1.807, 2.05) is 0 Å². The molecule has 4 rings (SSSR count). The minimum absolute atomic E-state index is 0.662. The Kier molecular flexibility index (Phi) is 4.78. The minimum atomic E-state index is 0.662. The van der Waals surface area contributed by atoms with Crippen LogP contribution < -0.4 is 4.74 Å². The molecule has 25 heavy (non-hydrogen) atoms. The third-order valence-corrected chi connectivity index (χ3v) is 6.30. The van der Waals surface area contributed by atoms with Crippen LogP contribution in [0, 0.1) is 0 Å². The van der Waals surface area contributed by atoms with Gasteiger partial charge in [-0.3, -0.25) is 4.90 Å². The fourth-order valence-electron chi connectivity index (χ4n) is 4.56. The Morgan fingerprint density at radius 3 is 2.64 bits per heavy atom. The van der Waals surface area contributed by atoms with E-state index in [0.717, 1.165) is 25.1 Å². The molecule has 130 valence electrons. The molecule has 0 spiro atoms. The number of fused-ring (bicyclic) bond motifs is 2. The Morgan fingerprint density at radius 1 is 1.24 bits per heavy atom. The highest BCUT2D eigenvalue weighted by molar-refractivity contribution is 7.08. The second-order valence-corrected chi connectivity index (χ2v) is 7.75. The van der Waals surface area contributed by atoms with Crippen LogP contribution in [0.4, 0.5) is 0 Å². The molecule has 2 bridgehead atoms. The van der Waals surface area contributed by atoms with Crippen molar-refractivity contribution in [3.05, 3.63) is 70.4 Å². The molecule has 2 fully saturated rings. The molecule has 0 saturated carbocycles. The first-order valence-electron chi connectivity index (χ1n) is 9.06. The SMILES string of the molecule is C=CCN1C2CCC1CC(=C(c1ccsc1)c1ccccc1OC)C2. The van der Waals surface area contributed by atoms with Crippen LogP contribution in [0.1, 0.15) is 36.8 Å². The van der Waals surface area contributed by atoms with Gasteiger partial charge in [0, 0.05) is 24.2 Å². The van der Waals surface area contributed by atoms with Crippen molar-refractivity contribution in [2.75, 3.05) is 13.7 Å². The van der Waals surface area contributed by atoms with Gasteiger partial charge in [-0.25, -0.2) is 0 Å². The van der Waals surface area contributed by atoms with E-state index < -0.39 is 0 Å².